The van der Waals surface area contributed by atoms with Gasteiger partial charge in [-0.1, -0.05) is 66.2 Å². The summed E-state index contributed by atoms with van der Waals surface area (Å²) in [5, 5.41) is 10.3. The standard InChI is InChI=1S/C30H28N4O4S/c1-21-12-14-22(15-13-21)28-24(19-34(33-28)26-10-6-3-7-11-26)18-27(32-29(35)23-8-4-2-5-9-23)30(36)31-25-16-17-39(37,38)20-25/h2-15,18-19,25H,16-17,20H2,1H3,(H,31,36)(H,32,35)/b27-18-/t25-/m0/s1. The first-order valence-electron chi connectivity index (χ1n) is 12.6. The van der Waals surface area contributed by atoms with E-state index in [4.69, 9.17) is 5.10 Å². The summed E-state index contributed by atoms with van der Waals surface area (Å²) in [5.41, 5.74) is 4.40. The average Bonchev–Trinajstić information content (AvgIpc) is 3.52. The van der Waals surface area contributed by atoms with Crippen LogP contribution in [0.1, 0.15) is 27.9 Å². The average molecular weight is 541 g/mol. The number of benzene rings is 3. The van der Waals surface area contributed by atoms with Crippen LogP contribution >= 0.6 is 0 Å². The first-order valence-corrected chi connectivity index (χ1v) is 14.4. The molecule has 2 N–H and O–H groups in total. The molecular formula is C30H28N4O4S. The topological polar surface area (TPSA) is 110 Å². The summed E-state index contributed by atoms with van der Waals surface area (Å²) < 4.78 is 25.6. The Labute approximate surface area is 227 Å². The Morgan fingerprint density at radius 3 is 2.26 bits per heavy atom. The largest absolute Gasteiger partial charge is 0.347 e. The van der Waals surface area contributed by atoms with Crippen LogP contribution in [0.15, 0.2) is 96.8 Å². The van der Waals surface area contributed by atoms with Gasteiger partial charge in [-0.3, -0.25) is 9.59 Å². The lowest BCUT2D eigenvalue weighted by Gasteiger charge is -2.14. The second-order valence-electron chi connectivity index (χ2n) is 9.53. The van der Waals surface area contributed by atoms with Crippen LogP contribution in [0.4, 0.5) is 0 Å². The lowest BCUT2D eigenvalue weighted by Crippen LogP contribution is -2.41. The van der Waals surface area contributed by atoms with E-state index in [1.165, 1.54) is 0 Å². The van der Waals surface area contributed by atoms with Crippen LogP contribution in [0, 0.1) is 6.92 Å². The highest BCUT2D eigenvalue weighted by Crippen LogP contribution is 2.26. The summed E-state index contributed by atoms with van der Waals surface area (Å²) in [5.74, 6) is -1.12. The highest BCUT2D eigenvalue weighted by Gasteiger charge is 2.30. The monoisotopic (exact) mass is 540 g/mol. The molecule has 0 aliphatic carbocycles. The normalized spacial score (nSPS) is 16.5. The summed E-state index contributed by atoms with van der Waals surface area (Å²) in [6, 6.07) is 25.5. The summed E-state index contributed by atoms with van der Waals surface area (Å²) in [6.45, 7) is 2.00. The Bertz CT molecular complexity index is 1630. The summed E-state index contributed by atoms with van der Waals surface area (Å²) in [4.78, 5) is 26.5. The molecule has 1 aliphatic rings. The van der Waals surface area contributed by atoms with Crippen molar-refractivity contribution >= 4 is 27.7 Å². The third kappa shape index (κ3) is 6.32. The molecule has 2 heterocycles. The van der Waals surface area contributed by atoms with Crippen molar-refractivity contribution in [1.29, 1.82) is 0 Å². The van der Waals surface area contributed by atoms with E-state index in [1.807, 2.05) is 61.5 Å². The number of aryl methyl sites for hydroxylation is 1. The first-order chi connectivity index (χ1) is 18.8. The van der Waals surface area contributed by atoms with Crippen LogP contribution in [0.3, 0.4) is 0 Å². The van der Waals surface area contributed by atoms with Crippen LogP contribution in [0.2, 0.25) is 0 Å². The SMILES string of the molecule is Cc1ccc(-c2nn(-c3ccccc3)cc2/C=C(\NC(=O)c2ccccc2)C(=O)N[C@H]2CCS(=O)(=O)C2)cc1. The van der Waals surface area contributed by atoms with Gasteiger partial charge < -0.3 is 10.6 Å². The maximum absolute atomic E-state index is 13.4. The molecular weight excluding hydrogens is 512 g/mol. The van der Waals surface area contributed by atoms with Gasteiger partial charge in [0.25, 0.3) is 11.8 Å². The quantitative estimate of drug-likeness (QED) is 0.345. The smallest absolute Gasteiger partial charge is 0.268 e. The molecule has 1 aliphatic heterocycles. The number of amides is 2. The zero-order valence-corrected chi connectivity index (χ0v) is 22.2. The van der Waals surface area contributed by atoms with Crippen molar-refractivity contribution < 1.29 is 18.0 Å². The molecule has 1 saturated heterocycles. The highest BCUT2D eigenvalue weighted by atomic mass is 32.2. The van der Waals surface area contributed by atoms with E-state index in [9.17, 15) is 18.0 Å². The van der Waals surface area contributed by atoms with Crippen molar-refractivity contribution in [2.24, 2.45) is 0 Å². The van der Waals surface area contributed by atoms with Gasteiger partial charge in [0.2, 0.25) is 0 Å². The third-order valence-electron chi connectivity index (χ3n) is 6.48. The van der Waals surface area contributed by atoms with Crippen LogP contribution in [-0.4, -0.2) is 47.6 Å². The fraction of sp³-hybridized carbons (Fsp3) is 0.167. The van der Waals surface area contributed by atoms with E-state index in [0.717, 1.165) is 16.8 Å². The number of sulfone groups is 1. The number of nitrogens with one attached hydrogen (secondary N) is 2. The molecule has 1 aromatic heterocycles. The number of hydrogen-bond acceptors (Lipinski definition) is 5. The van der Waals surface area contributed by atoms with Gasteiger partial charge in [-0.25, -0.2) is 13.1 Å². The molecule has 3 aromatic carbocycles. The summed E-state index contributed by atoms with van der Waals surface area (Å²) in [6.07, 6.45) is 3.71. The molecule has 0 unspecified atom stereocenters. The molecule has 2 amide bonds. The Balaban J connectivity index is 1.56. The van der Waals surface area contributed by atoms with E-state index < -0.39 is 27.7 Å². The van der Waals surface area contributed by atoms with Gasteiger partial charge in [-0.2, -0.15) is 5.10 Å². The van der Waals surface area contributed by atoms with Crippen molar-refractivity contribution in [1.82, 2.24) is 20.4 Å². The number of hydrogen-bond donors (Lipinski definition) is 2. The van der Waals surface area contributed by atoms with Gasteiger partial charge >= 0.3 is 0 Å². The van der Waals surface area contributed by atoms with E-state index in [1.54, 1.807) is 47.3 Å². The van der Waals surface area contributed by atoms with Gasteiger partial charge in [0.05, 0.1) is 17.2 Å². The van der Waals surface area contributed by atoms with Crippen molar-refractivity contribution in [2.45, 2.75) is 19.4 Å². The van der Waals surface area contributed by atoms with Crippen LogP contribution in [0.25, 0.3) is 23.0 Å². The summed E-state index contributed by atoms with van der Waals surface area (Å²) in [7, 11) is -3.20. The van der Waals surface area contributed by atoms with E-state index >= 15 is 0 Å². The second kappa shape index (κ2) is 11.1. The summed E-state index contributed by atoms with van der Waals surface area (Å²) >= 11 is 0. The minimum absolute atomic E-state index is 0.00544. The molecule has 0 saturated carbocycles. The molecule has 198 valence electrons. The molecule has 39 heavy (non-hydrogen) atoms. The van der Waals surface area contributed by atoms with Crippen LogP contribution < -0.4 is 10.6 Å². The molecule has 1 fully saturated rings. The molecule has 0 spiro atoms. The van der Waals surface area contributed by atoms with Crippen molar-refractivity contribution in [2.75, 3.05) is 11.5 Å². The van der Waals surface area contributed by atoms with Crippen LogP contribution in [-0.2, 0) is 14.6 Å². The number of carbonyl (C=O) groups is 2. The number of para-hydroxylation sites is 1. The fourth-order valence-corrected chi connectivity index (χ4v) is 6.08. The molecule has 0 bridgehead atoms. The molecule has 4 aromatic rings. The highest BCUT2D eigenvalue weighted by molar-refractivity contribution is 7.91. The van der Waals surface area contributed by atoms with E-state index in [2.05, 4.69) is 10.6 Å². The molecule has 5 rings (SSSR count). The van der Waals surface area contributed by atoms with Gasteiger partial charge in [-0.15, -0.1) is 0 Å². The Kier molecular flexibility index (Phi) is 7.42. The fourth-order valence-electron chi connectivity index (χ4n) is 4.41. The third-order valence-corrected chi connectivity index (χ3v) is 8.25. The number of carbonyl (C=O) groups excluding carboxylic acids is 2. The Morgan fingerprint density at radius 1 is 0.949 bits per heavy atom. The minimum Gasteiger partial charge on any atom is -0.347 e. The number of nitrogens with zero attached hydrogens (tertiary/aromatic N) is 2. The van der Waals surface area contributed by atoms with Crippen molar-refractivity contribution in [3.8, 4) is 16.9 Å². The lowest BCUT2D eigenvalue weighted by molar-refractivity contribution is -0.118. The zero-order chi connectivity index (χ0) is 27.4. The first kappa shape index (κ1) is 26.1. The van der Waals surface area contributed by atoms with Gasteiger partial charge in [0.15, 0.2) is 9.84 Å². The number of rotatable bonds is 7. The van der Waals surface area contributed by atoms with Gasteiger partial charge in [0, 0.05) is 28.9 Å². The Hall–Kier alpha value is -4.50. The maximum atomic E-state index is 13.4. The maximum Gasteiger partial charge on any atom is 0.268 e. The Morgan fingerprint density at radius 2 is 1.62 bits per heavy atom. The number of aromatic nitrogens is 2. The van der Waals surface area contributed by atoms with Crippen molar-refractivity contribution in [3.63, 3.8) is 0 Å². The van der Waals surface area contributed by atoms with E-state index in [0.29, 0.717) is 23.2 Å². The minimum atomic E-state index is -3.20. The van der Waals surface area contributed by atoms with Gasteiger partial charge in [-0.05, 0) is 43.7 Å². The molecule has 8 nitrogen and oxygen atoms in total. The molecule has 0 radical (unpaired) electrons. The molecule has 1 atom stereocenters. The van der Waals surface area contributed by atoms with Gasteiger partial charge in [0.1, 0.15) is 11.4 Å². The predicted octanol–water partition coefficient (Wildman–Crippen LogP) is 3.92. The zero-order valence-electron chi connectivity index (χ0n) is 21.4. The van der Waals surface area contributed by atoms with Crippen LogP contribution in [0.5, 0.6) is 0 Å². The van der Waals surface area contributed by atoms with E-state index in [-0.39, 0.29) is 17.2 Å². The van der Waals surface area contributed by atoms with Crippen molar-refractivity contribution in [3.05, 3.63) is 114 Å². The molecule has 9 heteroatoms. The predicted molar refractivity (Wildman–Crippen MR) is 151 cm³/mol. The lowest BCUT2D eigenvalue weighted by atomic mass is 10.1. The second-order valence-corrected chi connectivity index (χ2v) is 11.8.